The van der Waals surface area contributed by atoms with Crippen LogP contribution in [-0.2, 0) is 10.0 Å². The predicted octanol–water partition coefficient (Wildman–Crippen LogP) is 1.67. The molecular weight excluding hydrogens is 314 g/mol. The van der Waals surface area contributed by atoms with E-state index in [-0.39, 0.29) is 30.2 Å². The van der Waals surface area contributed by atoms with Gasteiger partial charge in [0.15, 0.2) is 0 Å². The third-order valence-corrected chi connectivity index (χ3v) is 5.45. The summed E-state index contributed by atoms with van der Waals surface area (Å²) in [5, 5.41) is 0.480. The number of rotatable bonds is 2. The first-order valence-electron chi connectivity index (χ1n) is 6.47. The van der Waals surface area contributed by atoms with E-state index >= 15 is 0 Å². The van der Waals surface area contributed by atoms with Crippen molar-refractivity contribution in [1.29, 1.82) is 0 Å². The summed E-state index contributed by atoms with van der Waals surface area (Å²) in [6.45, 7) is 2.17. The Morgan fingerprint density at radius 3 is 2.38 bits per heavy atom. The molecule has 0 radical (unpaired) electrons. The molecule has 1 atom stereocenters. The number of hydrogen-bond donors (Lipinski definition) is 0. The lowest BCUT2D eigenvalue weighted by Gasteiger charge is -2.24. The summed E-state index contributed by atoms with van der Waals surface area (Å²) in [4.78, 5) is 15.2. The molecule has 8 heteroatoms. The molecule has 21 heavy (non-hydrogen) atoms. The van der Waals surface area contributed by atoms with Gasteiger partial charge < -0.3 is 9.80 Å². The number of halogens is 1. The van der Waals surface area contributed by atoms with E-state index in [0.29, 0.717) is 5.02 Å². The maximum absolute atomic E-state index is 12.6. The third-order valence-electron chi connectivity index (χ3n) is 3.39. The van der Waals surface area contributed by atoms with E-state index in [2.05, 4.69) is 0 Å². The third kappa shape index (κ3) is 3.14. The van der Waals surface area contributed by atoms with Crippen LogP contribution in [0.5, 0.6) is 0 Å². The van der Waals surface area contributed by atoms with Crippen molar-refractivity contribution in [2.45, 2.75) is 17.9 Å². The van der Waals surface area contributed by atoms with Crippen LogP contribution in [0.3, 0.4) is 0 Å². The number of amides is 2. The number of hydrogen-bond acceptors (Lipinski definition) is 3. The summed E-state index contributed by atoms with van der Waals surface area (Å²) in [6.07, 6.45) is 0. The average molecular weight is 332 g/mol. The fourth-order valence-corrected chi connectivity index (χ4v) is 3.79. The van der Waals surface area contributed by atoms with Crippen LogP contribution in [0.15, 0.2) is 29.2 Å². The topological polar surface area (TPSA) is 60.9 Å². The number of carbonyl (C=O) groups is 1. The lowest BCUT2D eigenvalue weighted by atomic mass is 10.3. The second-order valence-electron chi connectivity index (χ2n) is 5.23. The van der Waals surface area contributed by atoms with Crippen LogP contribution in [0.4, 0.5) is 4.79 Å². The van der Waals surface area contributed by atoms with Crippen molar-refractivity contribution in [2.24, 2.45) is 0 Å². The van der Waals surface area contributed by atoms with Crippen molar-refractivity contribution >= 4 is 27.7 Å². The fraction of sp³-hybridized carbons (Fsp3) is 0.462. The maximum Gasteiger partial charge on any atom is 0.320 e. The molecule has 0 N–H and O–H groups in total. The Morgan fingerprint density at radius 1 is 1.29 bits per heavy atom. The van der Waals surface area contributed by atoms with Gasteiger partial charge in [-0.1, -0.05) is 11.6 Å². The second-order valence-corrected chi connectivity index (χ2v) is 7.60. The van der Waals surface area contributed by atoms with Gasteiger partial charge in [0, 0.05) is 31.7 Å². The highest BCUT2D eigenvalue weighted by molar-refractivity contribution is 7.89. The minimum absolute atomic E-state index is 0.0587. The van der Waals surface area contributed by atoms with E-state index in [1.54, 1.807) is 14.1 Å². The zero-order chi connectivity index (χ0) is 15.8. The molecule has 1 heterocycles. The van der Waals surface area contributed by atoms with E-state index in [9.17, 15) is 13.2 Å². The summed E-state index contributed by atoms with van der Waals surface area (Å²) in [6, 6.07) is 5.66. The second kappa shape index (κ2) is 5.82. The Labute approximate surface area is 129 Å². The van der Waals surface area contributed by atoms with Gasteiger partial charge in [-0.3, -0.25) is 0 Å². The van der Waals surface area contributed by atoms with E-state index in [1.165, 1.54) is 38.4 Å². The SMILES string of the molecule is CC1CN(S(=O)(=O)c2ccc(Cl)cc2)CN1C(=O)N(C)C. The van der Waals surface area contributed by atoms with Gasteiger partial charge in [-0.15, -0.1) is 0 Å². The molecule has 0 bridgehead atoms. The highest BCUT2D eigenvalue weighted by atomic mass is 35.5. The van der Waals surface area contributed by atoms with Crippen LogP contribution in [0, 0.1) is 0 Å². The quantitative estimate of drug-likeness (QED) is 0.828. The summed E-state index contributed by atoms with van der Waals surface area (Å²) in [5.74, 6) is 0. The van der Waals surface area contributed by atoms with Gasteiger partial charge in [0.25, 0.3) is 0 Å². The molecular formula is C13H18ClN3O3S. The normalized spacial score (nSPS) is 19.8. The Bertz CT molecular complexity index is 631. The molecule has 0 spiro atoms. The van der Waals surface area contributed by atoms with Crippen molar-refractivity contribution in [3.05, 3.63) is 29.3 Å². The largest absolute Gasteiger partial charge is 0.331 e. The predicted molar refractivity (Wildman–Crippen MR) is 80.6 cm³/mol. The highest BCUT2D eigenvalue weighted by Crippen LogP contribution is 2.24. The minimum Gasteiger partial charge on any atom is -0.331 e. The number of sulfonamides is 1. The van der Waals surface area contributed by atoms with Gasteiger partial charge in [-0.25, -0.2) is 13.2 Å². The maximum atomic E-state index is 12.6. The molecule has 2 rings (SSSR count). The Hall–Kier alpha value is -1.31. The van der Waals surface area contributed by atoms with Crippen LogP contribution in [0.25, 0.3) is 0 Å². The van der Waals surface area contributed by atoms with E-state index < -0.39 is 10.0 Å². The first kappa shape index (κ1) is 16.1. The molecule has 1 aromatic rings. The molecule has 0 saturated carbocycles. The number of nitrogens with zero attached hydrogens (tertiary/aromatic N) is 3. The molecule has 1 saturated heterocycles. The molecule has 1 aromatic carbocycles. The Morgan fingerprint density at radius 2 is 1.86 bits per heavy atom. The summed E-state index contributed by atoms with van der Waals surface area (Å²) >= 11 is 5.78. The molecule has 2 amide bonds. The first-order chi connectivity index (χ1) is 9.73. The van der Waals surface area contributed by atoms with Crippen molar-refractivity contribution < 1.29 is 13.2 Å². The molecule has 0 aliphatic carbocycles. The average Bonchev–Trinajstić information content (AvgIpc) is 2.81. The zero-order valence-corrected chi connectivity index (χ0v) is 13.7. The summed E-state index contributed by atoms with van der Waals surface area (Å²) < 4.78 is 26.4. The number of benzene rings is 1. The van der Waals surface area contributed by atoms with Crippen LogP contribution < -0.4 is 0 Å². The van der Waals surface area contributed by atoms with Gasteiger partial charge >= 0.3 is 6.03 Å². The van der Waals surface area contributed by atoms with Gasteiger partial charge in [-0.2, -0.15) is 4.31 Å². The molecule has 6 nitrogen and oxygen atoms in total. The monoisotopic (exact) mass is 331 g/mol. The number of carbonyl (C=O) groups excluding carboxylic acids is 1. The van der Waals surface area contributed by atoms with Gasteiger partial charge in [0.1, 0.15) is 0 Å². The lowest BCUT2D eigenvalue weighted by molar-refractivity contribution is 0.167. The van der Waals surface area contributed by atoms with Crippen molar-refractivity contribution in [3.8, 4) is 0 Å². The molecule has 1 unspecified atom stereocenters. The minimum atomic E-state index is -3.62. The molecule has 1 fully saturated rings. The Kier molecular flexibility index (Phi) is 4.46. The summed E-state index contributed by atoms with van der Waals surface area (Å²) in [5.41, 5.74) is 0. The molecule has 0 aromatic heterocycles. The van der Waals surface area contributed by atoms with Gasteiger partial charge in [0.2, 0.25) is 10.0 Å². The van der Waals surface area contributed by atoms with Crippen LogP contribution >= 0.6 is 11.6 Å². The van der Waals surface area contributed by atoms with E-state index in [1.807, 2.05) is 6.92 Å². The molecule has 116 valence electrons. The fourth-order valence-electron chi connectivity index (χ4n) is 2.20. The van der Waals surface area contributed by atoms with E-state index in [0.717, 1.165) is 0 Å². The first-order valence-corrected chi connectivity index (χ1v) is 8.29. The van der Waals surface area contributed by atoms with Crippen molar-refractivity contribution in [1.82, 2.24) is 14.1 Å². The summed E-state index contributed by atoms with van der Waals surface area (Å²) in [7, 11) is -0.330. The standard InChI is InChI=1S/C13H18ClN3O3S/c1-10-8-16(9-17(10)13(18)15(2)3)21(19,20)12-6-4-11(14)5-7-12/h4-7,10H,8-9H2,1-3H3. The smallest absolute Gasteiger partial charge is 0.320 e. The van der Waals surface area contributed by atoms with Crippen LogP contribution in [0.2, 0.25) is 5.02 Å². The van der Waals surface area contributed by atoms with Gasteiger partial charge in [0.05, 0.1) is 11.6 Å². The molecule has 1 aliphatic heterocycles. The molecule has 1 aliphatic rings. The van der Waals surface area contributed by atoms with Crippen LogP contribution in [0.1, 0.15) is 6.92 Å². The van der Waals surface area contributed by atoms with E-state index in [4.69, 9.17) is 11.6 Å². The lowest BCUT2D eigenvalue weighted by Crippen LogP contribution is -2.42. The van der Waals surface area contributed by atoms with Crippen molar-refractivity contribution in [2.75, 3.05) is 27.3 Å². The zero-order valence-electron chi connectivity index (χ0n) is 12.2. The van der Waals surface area contributed by atoms with Crippen LogP contribution in [-0.4, -0.2) is 61.9 Å². The van der Waals surface area contributed by atoms with Gasteiger partial charge in [-0.05, 0) is 31.2 Å². The van der Waals surface area contributed by atoms with Crippen molar-refractivity contribution in [3.63, 3.8) is 0 Å². The Balaban J connectivity index is 2.23. The number of urea groups is 1. The highest BCUT2D eigenvalue weighted by Gasteiger charge is 2.38.